The highest BCUT2D eigenvalue weighted by Crippen LogP contribution is 2.26. The van der Waals surface area contributed by atoms with Gasteiger partial charge in [-0.3, -0.25) is 0 Å². The van der Waals surface area contributed by atoms with Crippen LogP contribution in [0.2, 0.25) is 0 Å². The van der Waals surface area contributed by atoms with Crippen LogP contribution in [0.25, 0.3) is 0 Å². The summed E-state index contributed by atoms with van der Waals surface area (Å²) in [5.74, 6) is 1.30. The molecule has 0 spiro atoms. The predicted octanol–water partition coefficient (Wildman–Crippen LogP) is 1.78. The molecular formula is C14H25N3O3S. The van der Waals surface area contributed by atoms with E-state index in [0.29, 0.717) is 5.75 Å². The Hall–Kier alpha value is -1.08. The zero-order chi connectivity index (χ0) is 15.3. The summed E-state index contributed by atoms with van der Waals surface area (Å²) in [7, 11) is -2.92. The van der Waals surface area contributed by atoms with Crippen molar-refractivity contribution < 1.29 is 13.2 Å². The smallest absolute Gasteiger partial charge is 0.203 e. The van der Waals surface area contributed by atoms with Crippen LogP contribution in [-0.2, 0) is 14.6 Å². The van der Waals surface area contributed by atoms with Gasteiger partial charge < -0.3 is 14.6 Å². The molecule has 21 heavy (non-hydrogen) atoms. The third-order valence-corrected chi connectivity index (χ3v) is 5.44. The summed E-state index contributed by atoms with van der Waals surface area (Å²) < 4.78 is 30.9. The molecule has 1 fully saturated rings. The largest absolute Gasteiger partial charge is 0.382 e. The molecule has 1 aromatic rings. The van der Waals surface area contributed by atoms with Gasteiger partial charge in [-0.15, -0.1) is 0 Å². The highest BCUT2D eigenvalue weighted by atomic mass is 32.2. The Bertz CT molecular complexity index is 554. The van der Waals surface area contributed by atoms with Gasteiger partial charge in [0.25, 0.3) is 0 Å². The van der Waals surface area contributed by atoms with Gasteiger partial charge in [0.1, 0.15) is 0 Å². The number of hydrogen-bond donors (Lipinski definition) is 1. The summed E-state index contributed by atoms with van der Waals surface area (Å²) in [6.07, 6.45) is 4.47. The first-order chi connectivity index (χ1) is 10.0. The number of aryl methyl sites for hydroxylation is 1. The molecule has 2 heterocycles. The zero-order valence-corrected chi connectivity index (χ0v) is 13.7. The summed E-state index contributed by atoms with van der Waals surface area (Å²) in [5.41, 5.74) is 0.908. The first-order valence-electron chi connectivity index (χ1n) is 7.59. The van der Waals surface area contributed by atoms with E-state index in [-0.39, 0.29) is 11.8 Å². The highest BCUT2D eigenvalue weighted by molar-refractivity contribution is 7.91. The fraction of sp³-hybridized carbons (Fsp3) is 0.786. The Morgan fingerprint density at radius 2 is 2.33 bits per heavy atom. The second-order valence-electron chi connectivity index (χ2n) is 5.50. The lowest BCUT2D eigenvalue weighted by Gasteiger charge is -2.24. The van der Waals surface area contributed by atoms with Crippen LogP contribution >= 0.6 is 0 Å². The Labute approximate surface area is 126 Å². The molecule has 0 amide bonds. The number of anilines is 1. The average molecular weight is 315 g/mol. The Morgan fingerprint density at radius 3 is 3.05 bits per heavy atom. The van der Waals surface area contributed by atoms with Gasteiger partial charge in [-0.2, -0.15) is 0 Å². The Kier molecular flexibility index (Phi) is 5.64. The van der Waals surface area contributed by atoms with Crippen LogP contribution in [0.5, 0.6) is 0 Å². The van der Waals surface area contributed by atoms with E-state index in [1.54, 1.807) is 0 Å². The van der Waals surface area contributed by atoms with E-state index in [9.17, 15) is 8.42 Å². The lowest BCUT2D eigenvalue weighted by molar-refractivity contribution is 0.147. The highest BCUT2D eigenvalue weighted by Gasteiger charge is 2.27. The molecule has 1 unspecified atom stereocenters. The van der Waals surface area contributed by atoms with Crippen molar-refractivity contribution in [3.63, 3.8) is 0 Å². The zero-order valence-electron chi connectivity index (χ0n) is 12.8. The third-order valence-electron chi connectivity index (χ3n) is 3.64. The lowest BCUT2D eigenvalue weighted by atomic mass is 10.2. The van der Waals surface area contributed by atoms with Gasteiger partial charge in [0.05, 0.1) is 23.2 Å². The molecule has 0 saturated carbocycles. The van der Waals surface area contributed by atoms with Crippen molar-refractivity contribution in [2.75, 3.05) is 36.6 Å². The third kappa shape index (κ3) is 4.71. The predicted molar refractivity (Wildman–Crippen MR) is 83.5 cm³/mol. The topological polar surface area (TPSA) is 73.2 Å². The quantitative estimate of drug-likeness (QED) is 0.777. The fourth-order valence-corrected chi connectivity index (χ4v) is 4.35. The number of ether oxygens (including phenoxy) is 1. The van der Waals surface area contributed by atoms with Crippen molar-refractivity contribution in [3.8, 4) is 0 Å². The molecule has 2 rings (SSSR count). The molecule has 7 heteroatoms. The Balaban J connectivity index is 1.99. The first-order valence-corrected chi connectivity index (χ1v) is 9.41. The van der Waals surface area contributed by atoms with Gasteiger partial charge in [0.2, 0.25) is 5.95 Å². The van der Waals surface area contributed by atoms with Gasteiger partial charge in [0, 0.05) is 26.0 Å². The van der Waals surface area contributed by atoms with E-state index < -0.39 is 9.84 Å². The molecule has 120 valence electrons. The van der Waals surface area contributed by atoms with E-state index in [1.165, 1.54) is 0 Å². The second-order valence-corrected chi connectivity index (χ2v) is 7.73. The Morgan fingerprint density at radius 1 is 1.52 bits per heavy atom. The van der Waals surface area contributed by atoms with Gasteiger partial charge in [0.15, 0.2) is 9.84 Å². The minimum absolute atomic E-state index is 0.000609. The average Bonchev–Trinajstić information content (AvgIpc) is 2.78. The molecular weight excluding hydrogens is 290 g/mol. The fourth-order valence-electron chi connectivity index (χ4n) is 2.66. The van der Waals surface area contributed by atoms with Crippen molar-refractivity contribution in [3.05, 3.63) is 11.9 Å². The van der Waals surface area contributed by atoms with Crippen molar-refractivity contribution in [2.45, 2.75) is 39.2 Å². The van der Waals surface area contributed by atoms with Crippen LogP contribution in [0.3, 0.4) is 0 Å². The second kappa shape index (κ2) is 7.26. The SMILES string of the molecule is CCOCCCNc1nc(C)cn1C1CCCS(=O)(=O)C1. The maximum absolute atomic E-state index is 11.8. The van der Waals surface area contributed by atoms with Crippen molar-refractivity contribution in [1.82, 2.24) is 9.55 Å². The molecule has 1 aliphatic heterocycles. The normalized spacial score (nSPS) is 21.3. The molecule has 1 atom stereocenters. The molecule has 1 aliphatic rings. The minimum atomic E-state index is -2.92. The van der Waals surface area contributed by atoms with Crippen LogP contribution in [-0.4, -0.2) is 49.2 Å². The summed E-state index contributed by atoms with van der Waals surface area (Å²) in [4.78, 5) is 4.47. The van der Waals surface area contributed by atoms with Crippen LogP contribution in [0, 0.1) is 6.92 Å². The van der Waals surface area contributed by atoms with E-state index >= 15 is 0 Å². The van der Waals surface area contributed by atoms with Crippen LogP contribution in [0.1, 0.15) is 37.9 Å². The number of imidazole rings is 1. The van der Waals surface area contributed by atoms with Crippen LogP contribution < -0.4 is 5.32 Å². The summed E-state index contributed by atoms with van der Waals surface area (Å²) >= 11 is 0. The van der Waals surface area contributed by atoms with E-state index in [2.05, 4.69) is 10.3 Å². The van der Waals surface area contributed by atoms with Gasteiger partial charge in [-0.05, 0) is 33.1 Å². The number of aromatic nitrogens is 2. The standard InChI is InChI=1S/C14H25N3O3S/c1-3-20-8-5-7-15-14-16-12(2)10-17(14)13-6-4-9-21(18,19)11-13/h10,13H,3-9,11H2,1-2H3,(H,15,16). The van der Waals surface area contributed by atoms with Crippen LogP contribution in [0.4, 0.5) is 5.95 Å². The lowest BCUT2D eigenvalue weighted by Crippen LogP contribution is -2.28. The molecule has 0 aromatic carbocycles. The first kappa shape index (κ1) is 16.3. The van der Waals surface area contributed by atoms with Gasteiger partial charge in [-0.1, -0.05) is 0 Å². The number of nitrogens with one attached hydrogen (secondary N) is 1. The van der Waals surface area contributed by atoms with Crippen molar-refractivity contribution in [2.24, 2.45) is 0 Å². The molecule has 0 radical (unpaired) electrons. The van der Waals surface area contributed by atoms with Crippen molar-refractivity contribution >= 4 is 15.8 Å². The van der Waals surface area contributed by atoms with Crippen molar-refractivity contribution in [1.29, 1.82) is 0 Å². The molecule has 0 aliphatic carbocycles. The molecule has 1 N–H and O–H groups in total. The van der Waals surface area contributed by atoms with Gasteiger partial charge >= 0.3 is 0 Å². The molecule has 0 bridgehead atoms. The van der Waals surface area contributed by atoms with E-state index in [4.69, 9.17) is 4.74 Å². The van der Waals surface area contributed by atoms with Gasteiger partial charge in [-0.25, -0.2) is 13.4 Å². The van der Waals surface area contributed by atoms with E-state index in [1.807, 2.05) is 24.6 Å². The number of nitrogens with zero attached hydrogens (tertiary/aromatic N) is 2. The maximum Gasteiger partial charge on any atom is 0.203 e. The van der Waals surface area contributed by atoms with E-state index in [0.717, 1.165) is 50.7 Å². The molecule has 1 aromatic heterocycles. The number of rotatable bonds is 7. The van der Waals surface area contributed by atoms with Crippen LogP contribution in [0.15, 0.2) is 6.20 Å². The monoisotopic (exact) mass is 315 g/mol. The molecule has 1 saturated heterocycles. The minimum Gasteiger partial charge on any atom is -0.382 e. The number of sulfone groups is 1. The number of hydrogen-bond acceptors (Lipinski definition) is 5. The summed E-state index contributed by atoms with van der Waals surface area (Å²) in [6, 6.07) is -0.000609. The maximum atomic E-state index is 11.8. The summed E-state index contributed by atoms with van der Waals surface area (Å²) in [5, 5.41) is 3.29. The molecule has 6 nitrogen and oxygen atoms in total. The summed E-state index contributed by atoms with van der Waals surface area (Å²) in [6.45, 7) is 6.14.